The predicted octanol–water partition coefficient (Wildman–Crippen LogP) is 12.5. The fourth-order valence-electron chi connectivity index (χ4n) is 7.87. The number of ether oxygens (including phenoxy) is 2. The smallest absolute Gasteiger partial charge is 0.261 e. The molecule has 1 aliphatic rings. The summed E-state index contributed by atoms with van der Waals surface area (Å²) < 4.78 is 11.7. The summed E-state index contributed by atoms with van der Waals surface area (Å²) in [5, 5.41) is 23.3. The minimum atomic E-state index is -0.342. The SMILES string of the molecule is COc1c(CON(C)c2ccccc2)cc2ccccc2c1N=Nc1ccc2c(c1)C(=O)c1ccc(N=Nc3c(OC)c(C(=O)N(C)c4ccccc4)cc4ccccc34)cc1C2=O. The Kier molecular flexibility index (Phi) is 11.3. The van der Waals surface area contributed by atoms with Gasteiger partial charge in [-0.25, -0.2) is 0 Å². The van der Waals surface area contributed by atoms with Crippen LogP contribution in [0.4, 0.5) is 34.1 Å². The number of methoxy groups -OCH3 is 2. The molecule has 1 amide bonds. The first kappa shape index (κ1) is 41.0. The molecule has 1 aliphatic carbocycles. The van der Waals surface area contributed by atoms with Gasteiger partial charge in [0.1, 0.15) is 18.0 Å². The maximum atomic E-state index is 14.0. The molecule has 0 bridgehead atoms. The highest BCUT2D eigenvalue weighted by Gasteiger charge is 2.31. The lowest BCUT2D eigenvalue weighted by molar-refractivity contribution is 0.0979. The minimum absolute atomic E-state index is 0.196. The fourth-order valence-corrected chi connectivity index (χ4v) is 7.87. The van der Waals surface area contributed by atoms with Crippen LogP contribution in [0, 0.1) is 0 Å². The Morgan fingerprint density at radius 1 is 0.516 bits per heavy atom. The molecule has 0 aliphatic heterocycles. The number of fused-ring (bicyclic) bond motifs is 4. The van der Waals surface area contributed by atoms with Crippen LogP contribution < -0.4 is 19.4 Å². The Labute approximate surface area is 368 Å². The van der Waals surface area contributed by atoms with Gasteiger partial charge >= 0.3 is 0 Å². The quantitative estimate of drug-likeness (QED) is 0.0882. The Morgan fingerprint density at radius 2 is 1.00 bits per heavy atom. The largest absolute Gasteiger partial charge is 0.494 e. The zero-order chi connectivity index (χ0) is 44.3. The van der Waals surface area contributed by atoms with Crippen molar-refractivity contribution >= 4 is 73.1 Å². The van der Waals surface area contributed by atoms with Gasteiger partial charge in [-0.15, -0.1) is 10.2 Å². The molecule has 0 fully saturated rings. The molecule has 0 aromatic heterocycles. The lowest BCUT2D eigenvalue weighted by Gasteiger charge is -2.20. The van der Waals surface area contributed by atoms with Gasteiger partial charge in [0.05, 0.1) is 36.8 Å². The number of hydrogen-bond donors (Lipinski definition) is 0. The number of azo groups is 2. The van der Waals surface area contributed by atoms with Crippen molar-refractivity contribution in [1.29, 1.82) is 0 Å². The van der Waals surface area contributed by atoms with Crippen LogP contribution >= 0.6 is 0 Å². The number of para-hydroxylation sites is 2. The highest BCUT2D eigenvalue weighted by Crippen LogP contribution is 2.43. The van der Waals surface area contributed by atoms with Crippen molar-refractivity contribution in [3.8, 4) is 11.5 Å². The molecule has 12 heteroatoms. The number of carbonyl (C=O) groups excluding carboxylic acids is 3. The van der Waals surface area contributed by atoms with E-state index < -0.39 is 0 Å². The zero-order valence-electron chi connectivity index (χ0n) is 35.4. The van der Waals surface area contributed by atoms with Crippen molar-refractivity contribution < 1.29 is 28.7 Å². The second-order valence-electron chi connectivity index (χ2n) is 15.0. The number of rotatable bonds is 12. The number of amides is 1. The number of anilines is 2. The van der Waals surface area contributed by atoms with Crippen molar-refractivity contribution in [2.75, 3.05) is 38.3 Å². The standard InChI is InChI=1S/C52H40N6O6/c1-57(37-17-7-5-8-18-37)52(61)45-28-33-16-12-14-22-40(33)47(51(45)63-4)56-54-36-24-26-42-44(30-36)49(60)41-25-23-35(29-43(41)48(42)59)53-55-46-39-21-13-11-15-32(39)27-34(50(46)62-3)31-64-58(2)38-19-9-6-10-20-38/h5-30H,31H2,1-4H3. The van der Waals surface area contributed by atoms with Crippen LogP contribution in [0.25, 0.3) is 21.5 Å². The third-order valence-corrected chi connectivity index (χ3v) is 11.2. The Balaban J connectivity index is 1.00. The van der Waals surface area contributed by atoms with E-state index in [1.807, 2.05) is 122 Å². The topological polar surface area (TPSA) is 135 Å². The van der Waals surface area contributed by atoms with Crippen molar-refractivity contribution in [2.45, 2.75) is 6.61 Å². The van der Waals surface area contributed by atoms with Crippen LogP contribution in [-0.2, 0) is 11.4 Å². The monoisotopic (exact) mass is 844 g/mol. The van der Waals surface area contributed by atoms with E-state index >= 15 is 0 Å². The second kappa shape index (κ2) is 17.6. The summed E-state index contributed by atoms with van der Waals surface area (Å²) in [5.41, 5.74) is 5.10. The highest BCUT2D eigenvalue weighted by atomic mass is 16.7. The molecule has 314 valence electrons. The van der Waals surface area contributed by atoms with E-state index in [1.54, 1.807) is 66.6 Å². The van der Waals surface area contributed by atoms with Crippen molar-refractivity contribution in [3.63, 3.8) is 0 Å². The summed E-state index contributed by atoms with van der Waals surface area (Å²) in [6.45, 7) is 0.201. The number of carbonyl (C=O) groups is 3. The number of hydrogen-bond acceptors (Lipinski definition) is 11. The van der Waals surface area contributed by atoms with Crippen molar-refractivity contribution in [2.24, 2.45) is 20.5 Å². The Hall–Kier alpha value is -8.35. The molecule has 0 unspecified atom stereocenters. The van der Waals surface area contributed by atoms with Crippen LogP contribution in [0.5, 0.6) is 11.5 Å². The number of hydroxylamine groups is 1. The average molecular weight is 845 g/mol. The van der Waals surface area contributed by atoms with E-state index in [9.17, 15) is 14.4 Å². The minimum Gasteiger partial charge on any atom is -0.494 e. The summed E-state index contributed by atoms with van der Waals surface area (Å²) in [7, 11) is 6.60. The Bertz CT molecular complexity index is 3190. The highest BCUT2D eigenvalue weighted by molar-refractivity contribution is 6.28. The van der Waals surface area contributed by atoms with Crippen molar-refractivity contribution in [3.05, 3.63) is 191 Å². The van der Waals surface area contributed by atoms with Gasteiger partial charge in [0, 0.05) is 58.4 Å². The lowest BCUT2D eigenvalue weighted by Crippen LogP contribution is -2.26. The molecule has 0 N–H and O–H groups in total. The van der Waals surface area contributed by atoms with E-state index in [1.165, 1.54) is 7.11 Å². The molecule has 12 nitrogen and oxygen atoms in total. The molecule has 0 radical (unpaired) electrons. The van der Waals surface area contributed by atoms with Gasteiger partial charge in [-0.1, -0.05) is 84.9 Å². The molecule has 0 atom stereocenters. The van der Waals surface area contributed by atoms with E-state index in [4.69, 9.17) is 14.3 Å². The van der Waals surface area contributed by atoms with Crippen LogP contribution in [0.15, 0.2) is 178 Å². The van der Waals surface area contributed by atoms with E-state index in [-0.39, 0.29) is 52.1 Å². The molecule has 0 saturated heterocycles. The summed E-state index contributed by atoms with van der Waals surface area (Å²) in [6, 6.07) is 47.7. The molecule has 0 heterocycles. The zero-order valence-corrected chi connectivity index (χ0v) is 35.4. The molecule has 9 rings (SSSR count). The second-order valence-corrected chi connectivity index (χ2v) is 15.0. The summed E-state index contributed by atoms with van der Waals surface area (Å²) in [5.74, 6) is -0.219. The predicted molar refractivity (Wildman–Crippen MR) is 248 cm³/mol. The average Bonchev–Trinajstić information content (AvgIpc) is 3.35. The number of benzene rings is 8. The van der Waals surface area contributed by atoms with Gasteiger partial charge < -0.3 is 14.4 Å². The van der Waals surface area contributed by atoms with Crippen molar-refractivity contribution in [1.82, 2.24) is 0 Å². The van der Waals surface area contributed by atoms with Crippen LogP contribution in [-0.4, -0.2) is 45.8 Å². The molecule has 64 heavy (non-hydrogen) atoms. The third kappa shape index (κ3) is 7.74. The molecule has 0 spiro atoms. The van der Waals surface area contributed by atoms with Gasteiger partial charge in [0.25, 0.3) is 5.91 Å². The van der Waals surface area contributed by atoms with Crippen LogP contribution in [0.2, 0.25) is 0 Å². The molecule has 0 saturated carbocycles. The van der Waals surface area contributed by atoms with Gasteiger partial charge in [-0.05, 0) is 83.6 Å². The summed E-state index contributed by atoms with van der Waals surface area (Å²) in [6.07, 6.45) is 0. The van der Waals surface area contributed by atoms with E-state index in [0.29, 0.717) is 45.1 Å². The first-order chi connectivity index (χ1) is 31.2. The van der Waals surface area contributed by atoms with Crippen LogP contribution in [0.3, 0.4) is 0 Å². The maximum Gasteiger partial charge on any atom is 0.261 e. The first-order valence-corrected chi connectivity index (χ1v) is 20.4. The first-order valence-electron chi connectivity index (χ1n) is 20.4. The molecular formula is C52H40N6O6. The summed E-state index contributed by atoms with van der Waals surface area (Å²) >= 11 is 0. The van der Waals surface area contributed by atoms with E-state index in [0.717, 1.165) is 27.4 Å². The van der Waals surface area contributed by atoms with Crippen LogP contribution in [0.1, 0.15) is 47.8 Å². The van der Waals surface area contributed by atoms with Gasteiger partial charge in [-0.3, -0.25) is 24.3 Å². The van der Waals surface area contributed by atoms with Gasteiger partial charge in [0.15, 0.2) is 23.1 Å². The molecular weight excluding hydrogens is 805 g/mol. The lowest BCUT2D eigenvalue weighted by atomic mass is 9.83. The normalized spacial score (nSPS) is 12.2. The maximum absolute atomic E-state index is 14.0. The number of nitrogens with zero attached hydrogens (tertiary/aromatic N) is 6. The number of ketones is 2. The third-order valence-electron chi connectivity index (χ3n) is 11.2. The summed E-state index contributed by atoms with van der Waals surface area (Å²) in [4.78, 5) is 49.6. The fraction of sp³-hybridized carbons (Fsp3) is 0.0962. The molecule has 8 aromatic carbocycles. The van der Waals surface area contributed by atoms with E-state index in [2.05, 4.69) is 20.5 Å². The molecule has 8 aromatic rings. The Morgan fingerprint density at radius 3 is 1.55 bits per heavy atom. The van der Waals surface area contributed by atoms with Gasteiger partial charge in [-0.2, -0.15) is 10.2 Å². The van der Waals surface area contributed by atoms with Gasteiger partial charge in [0.2, 0.25) is 0 Å².